The first kappa shape index (κ1) is 19.3. The van der Waals surface area contributed by atoms with E-state index >= 15 is 0 Å². The minimum atomic E-state index is -0.210. The average Bonchev–Trinajstić information content (AvgIpc) is 2.97. The van der Waals surface area contributed by atoms with Gasteiger partial charge in [0.2, 0.25) is 5.91 Å². The van der Waals surface area contributed by atoms with Crippen molar-refractivity contribution in [3.05, 3.63) is 68.0 Å². The predicted molar refractivity (Wildman–Crippen MR) is 107 cm³/mol. The Kier molecular flexibility index (Phi) is 6.03. The summed E-state index contributed by atoms with van der Waals surface area (Å²) < 4.78 is 1.36. The largest absolute Gasteiger partial charge is 0.354 e. The molecule has 3 rings (SSSR count). The Bertz CT molecular complexity index is 1030. The summed E-state index contributed by atoms with van der Waals surface area (Å²) in [5.74, 6) is -0.152. The molecule has 0 aliphatic rings. The maximum atomic E-state index is 12.1. The number of nitrogens with one attached hydrogen (secondary N) is 1. The standard InChI is InChI=1S/C19H19ClN4O2S/c1-12-19(27-13(2)22-12)16-7-8-18(26)24(23-16)10-9-21-17(25)11-14-5-3-4-6-15(14)20/h3-8H,9-11H2,1-2H3,(H,21,25). The molecule has 6 nitrogen and oxygen atoms in total. The van der Waals surface area contributed by atoms with Crippen LogP contribution in [-0.2, 0) is 17.8 Å². The lowest BCUT2D eigenvalue weighted by atomic mass is 10.1. The summed E-state index contributed by atoms with van der Waals surface area (Å²) in [7, 11) is 0. The molecule has 2 heterocycles. The minimum absolute atomic E-state index is 0.152. The second-order valence-corrected chi connectivity index (χ2v) is 7.66. The number of amides is 1. The van der Waals surface area contributed by atoms with Crippen molar-refractivity contribution >= 4 is 28.8 Å². The van der Waals surface area contributed by atoms with E-state index in [-0.39, 0.29) is 24.4 Å². The van der Waals surface area contributed by atoms with E-state index < -0.39 is 0 Å². The maximum Gasteiger partial charge on any atom is 0.266 e. The Labute approximate surface area is 165 Å². The Hall–Kier alpha value is -2.51. The van der Waals surface area contributed by atoms with Crippen molar-refractivity contribution in [1.29, 1.82) is 0 Å². The van der Waals surface area contributed by atoms with Crippen LogP contribution in [0.15, 0.2) is 41.2 Å². The molecule has 0 atom stereocenters. The highest BCUT2D eigenvalue weighted by Gasteiger charge is 2.11. The lowest BCUT2D eigenvalue weighted by Crippen LogP contribution is -2.32. The number of carbonyl (C=O) groups excluding carboxylic acids is 1. The van der Waals surface area contributed by atoms with Crippen molar-refractivity contribution in [2.45, 2.75) is 26.8 Å². The van der Waals surface area contributed by atoms with E-state index in [2.05, 4.69) is 15.4 Å². The molecule has 140 valence electrons. The highest BCUT2D eigenvalue weighted by atomic mass is 35.5. The lowest BCUT2D eigenvalue weighted by Gasteiger charge is -2.09. The molecule has 27 heavy (non-hydrogen) atoms. The van der Waals surface area contributed by atoms with E-state index in [0.717, 1.165) is 21.1 Å². The molecule has 3 aromatic rings. The van der Waals surface area contributed by atoms with E-state index in [9.17, 15) is 9.59 Å². The number of halogens is 1. The van der Waals surface area contributed by atoms with Crippen LogP contribution in [0.25, 0.3) is 10.6 Å². The fourth-order valence-corrected chi connectivity index (χ4v) is 3.76. The summed E-state index contributed by atoms with van der Waals surface area (Å²) in [5, 5.41) is 8.73. The van der Waals surface area contributed by atoms with E-state index in [0.29, 0.717) is 17.3 Å². The summed E-state index contributed by atoms with van der Waals surface area (Å²) in [6, 6.07) is 10.4. The smallest absolute Gasteiger partial charge is 0.266 e. The molecule has 0 radical (unpaired) electrons. The summed E-state index contributed by atoms with van der Waals surface area (Å²) >= 11 is 7.61. The van der Waals surface area contributed by atoms with Gasteiger partial charge in [0, 0.05) is 17.6 Å². The second-order valence-electron chi connectivity index (χ2n) is 6.05. The van der Waals surface area contributed by atoms with Crippen LogP contribution in [0.1, 0.15) is 16.3 Å². The Morgan fingerprint density at radius 2 is 2.00 bits per heavy atom. The lowest BCUT2D eigenvalue weighted by molar-refractivity contribution is -0.120. The molecule has 1 aromatic carbocycles. The Morgan fingerprint density at radius 1 is 1.22 bits per heavy atom. The molecule has 0 saturated carbocycles. The van der Waals surface area contributed by atoms with Crippen LogP contribution in [0.3, 0.4) is 0 Å². The van der Waals surface area contributed by atoms with Gasteiger partial charge in [0.1, 0.15) is 5.69 Å². The molecule has 1 N–H and O–H groups in total. The van der Waals surface area contributed by atoms with Gasteiger partial charge < -0.3 is 5.32 Å². The van der Waals surface area contributed by atoms with Crippen LogP contribution in [0.5, 0.6) is 0 Å². The number of aromatic nitrogens is 3. The van der Waals surface area contributed by atoms with E-state index in [1.807, 2.05) is 32.0 Å². The highest BCUT2D eigenvalue weighted by Crippen LogP contribution is 2.27. The van der Waals surface area contributed by atoms with E-state index in [1.165, 1.54) is 10.7 Å². The molecule has 0 fully saturated rings. The van der Waals surface area contributed by atoms with Crippen LogP contribution in [0.4, 0.5) is 0 Å². The van der Waals surface area contributed by atoms with Gasteiger partial charge in [-0.3, -0.25) is 9.59 Å². The number of rotatable bonds is 6. The molecule has 1 amide bonds. The topological polar surface area (TPSA) is 76.9 Å². The number of aryl methyl sites for hydroxylation is 2. The van der Waals surface area contributed by atoms with Crippen LogP contribution in [0, 0.1) is 13.8 Å². The number of benzene rings is 1. The van der Waals surface area contributed by atoms with Gasteiger partial charge >= 0.3 is 0 Å². The predicted octanol–water partition coefficient (Wildman–Crippen LogP) is 3.00. The number of carbonyl (C=O) groups is 1. The van der Waals surface area contributed by atoms with Crippen LogP contribution < -0.4 is 10.9 Å². The molecule has 0 aliphatic heterocycles. The third kappa shape index (κ3) is 4.81. The third-order valence-corrected chi connectivity index (χ3v) is 5.42. The molecular weight excluding hydrogens is 384 g/mol. The third-order valence-electron chi connectivity index (χ3n) is 3.96. The SMILES string of the molecule is Cc1nc(C)c(-c2ccc(=O)n(CCNC(=O)Cc3ccccc3Cl)n2)s1. The molecule has 8 heteroatoms. The van der Waals surface area contributed by atoms with E-state index in [1.54, 1.807) is 23.5 Å². The molecular formula is C19H19ClN4O2S. The molecule has 0 saturated heterocycles. The van der Waals surface area contributed by atoms with Gasteiger partial charge in [-0.2, -0.15) is 5.10 Å². The fourth-order valence-electron chi connectivity index (χ4n) is 2.68. The highest BCUT2D eigenvalue weighted by molar-refractivity contribution is 7.15. The van der Waals surface area contributed by atoms with Crippen molar-refractivity contribution in [2.24, 2.45) is 0 Å². The van der Waals surface area contributed by atoms with Crippen molar-refractivity contribution in [2.75, 3.05) is 6.54 Å². The fraction of sp³-hybridized carbons (Fsp3) is 0.263. The van der Waals surface area contributed by atoms with Crippen molar-refractivity contribution < 1.29 is 4.79 Å². The normalized spacial score (nSPS) is 10.8. The molecule has 0 unspecified atom stereocenters. The van der Waals surface area contributed by atoms with Crippen LogP contribution >= 0.6 is 22.9 Å². The van der Waals surface area contributed by atoms with Crippen molar-refractivity contribution in [3.63, 3.8) is 0 Å². The summed E-state index contributed by atoms with van der Waals surface area (Å²) in [4.78, 5) is 29.5. The van der Waals surface area contributed by atoms with Crippen molar-refractivity contribution in [1.82, 2.24) is 20.1 Å². The first-order chi connectivity index (χ1) is 12.9. The molecule has 0 spiro atoms. The number of nitrogens with zero attached hydrogens (tertiary/aromatic N) is 3. The van der Waals surface area contributed by atoms with Gasteiger partial charge in [-0.05, 0) is 31.5 Å². The monoisotopic (exact) mass is 402 g/mol. The van der Waals surface area contributed by atoms with Gasteiger partial charge in [-0.1, -0.05) is 29.8 Å². The molecule has 0 bridgehead atoms. The Balaban J connectivity index is 1.63. The van der Waals surface area contributed by atoms with Gasteiger partial charge in [0.05, 0.1) is 28.5 Å². The first-order valence-electron chi connectivity index (χ1n) is 8.46. The van der Waals surface area contributed by atoms with Crippen LogP contribution in [0.2, 0.25) is 5.02 Å². The number of hydrogen-bond donors (Lipinski definition) is 1. The van der Waals surface area contributed by atoms with Gasteiger partial charge in [-0.15, -0.1) is 11.3 Å². The van der Waals surface area contributed by atoms with Gasteiger partial charge in [0.15, 0.2) is 0 Å². The Morgan fingerprint density at radius 3 is 2.70 bits per heavy atom. The molecule has 0 aliphatic carbocycles. The maximum absolute atomic E-state index is 12.1. The number of thiazole rings is 1. The summed E-state index contributed by atoms with van der Waals surface area (Å²) in [6.07, 6.45) is 0.196. The number of hydrogen-bond acceptors (Lipinski definition) is 5. The quantitative estimate of drug-likeness (QED) is 0.687. The van der Waals surface area contributed by atoms with E-state index in [4.69, 9.17) is 11.6 Å². The zero-order valence-electron chi connectivity index (χ0n) is 15.0. The molecule has 2 aromatic heterocycles. The zero-order chi connectivity index (χ0) is 19.4. The zero-order valence-corrected chi connectivity index (χ0v) is 16.6. The van der Waals surface area contributed by atoms with Crippen molar-refractivity contribution in [3.8, 4) is 10.6 Å². The van der Waals surface area contributed by atoms with Gasteiger partial charge in [-0.25, -0.2) is 9.67 Å². The van der Waals surface area contributed by atoms with Crippen LogP contribution in [-0.4, -0.2) is 27.2 Å². The minimum Gasteiger partial charge on any atom is -0.354 e. The average molecular weight is 403 g/mol. The summed E-state index contributed by atoms with van der Waals surface area (Å²) in [5.41, 5.74) is 2.16. The second kappa shape index (κ2) is 8.45. The summed E-state index contributed by atoms with van der Waals surface area (Å²) in [6.45, 7) is 4.45. The van der Waals surface area contributed by atoms with Gasteiger partial charge in [0.25, 0.3) is 5.56 Å². The first-order valence-corrected chi connectivity index (χ1v) is 9.66.